The van der Waals surface area contributed by atoms with Crippen LogP contribution in [-0.2, 0) is 32.9 Å². The molecule has 44 heavy (non-hydrogen) atoms. The molecule has 2 heterocycles. The van der Waals surface area contributed by atoms with E-state index < -0.39 is 38.1 Å². The van der Waals surface area contributed by atoms with E-state index in [1.165, 1.54) is 0 Å². The minimum absolute atomic E-state index is 0.144. The third kappa shape index (κ3) is 11.0. The SMILES string of the molecule is COCO[C@@H](CC/C=C/C=C\CC[C@H](C)O[Si](C)(C)C(C)(C)C)CC(O)[C@@H](C)[C@@H]1CC[C@@H](C)[C@]2(O1)OC(C)(C)OC2C(=O)O. The van der Waals surface area contributed by atoms with Crippen molar-refractivity contribution in [1.82, 2.24) is 0 Å². The van der Waals surface area contributed by atoms with Crippen molar-refractivity contribution < 1.29 is 43.1 Å². The summed E-state index contributed by atoms with van der Waals surface area (Å²) in [6, 6.07) is 0. The molecule has 2 aliphatic heterocycles. The van der Waals surface area contributed by atoms with Gasteiger partial charge in [0.15, 0.2) is 14.1 Å². The quantitative estimate of drug-likeness (QED) is 0.0967. The molecule has 0 radical (unpaired) electrons. The number of carboxylic acids is 1. The molecule has 0 saturated carbocycles. The van der Waals surface area contributed by atoms with Crippen LogP contribution < -0.4 is 0 Å². The van der Waals surface area contributed by atoms with Crippen molar-refractivity contribution >= 4 is 14.3 Å². The number of rotatable bonds is 17. The summed E-state index contributed by atoms with van der Waals surface area (Å²) in [6.45, 7) is 21.0. The molecule has 2 unspecified atom stereocenters. The number of aliphatic carboxylic acids is 1. The number of hydrogen-bond donors (Lipinski definition) is 2. The molecule has 10 heteroatoms. The number of hydrogen-bond acceptors (Lipinski definition) is 8. The molecule has 0 aromatic heterocycles. The first-order valence-electron chi connectivity index (χ1n) is 16.4. The maximum atomic E-state index is 12.1. The summed E-state index contributed by atoms with van der Waals surface area (Å²) in [4.78, 5) is 12.1. The van der Waals surface area contributed by atoms with Crippen LogP contribution >= 0.6 is 0 Å². The van der Waals surface area contributed by atoms with Gasteiger partial charge in [-0.25, -0.2) is 4.79 Å². The first-order chi connectivity index (χ1) is 20.3. The maximum absolute atomic E-state index is 12.1. The van der Waals surface area contributed by atoms with Gasteiger partial charge in [0.2, 0.25) is 11.9 Å². The molecule has 0 aromatic carbocycles. The van der Waals surface area contributed by atoms with Gasteiger partial charge < -0.3 is 38.3 Å². The van der Waals surface area contributed by atoms with Gasteiger partial charge in [-0.3, -0.25) is 0 Å². The van der Waals surface area contributed by atoms with Crippen molar-refractivity contribution in [1.29, 1.82) is 0 Å². The number of carboxylic acid groups (broad SMARTS) is 1. The van der Waals surface area contributed by atoms with Gasteiger partial charge in [-0.15, -0.1) is 0 Å². The number of aliphatic hydroxyl groups excluding tert-OH is 1. The first kappa shape index (κ1) is 39.1. The Morgan fingerprint density at radius 3 is 2.25 bits per heavy atom. The zero-order chi connectivity index (χ0) is 33.3. The lowest BCUT2D eigenvalue weighted by Crippen LogP contribution is -2.58. The minimum Gasteiger partial charge on any atom is -0.479 e. The molecule has 9 nitrogen and oxygen atoms in total. The zero-order valence-corrected chi connectivity index (χ0v) is 30.3. The van der Waals surface area contributed by atoms with Crippen molar-refractivity contribution in [3.05, 3.63) is 24.3 Å². The molecule has 2 aliphatic rings. The standard InChI is InChI=1S/C34H62O9Si/c1-24-20-21-29(40-34(24)30(31(36)37)41-33(7,8)43-34)26(3)28(35)22-27(39-23-38-9)19-17-15-13-12-14-16-18-25(2)42-44(10,11)32(4,5)6/h12-15,24-30,35H,16-23H2,1-11H3,(H,36,37)/b14-12-,15-13+/t24-,25+,26-,27+,28?,29+,30?,34+/m1/s1. The highest BCUT2D eigenvalue weighted by Crippen LogP contribution is 2.48. The Bertz CT molecular complexity index is 944. The smallest absolute Gasteiger partial charge is 0.338 e. The Balaban J connectivity index is 1.88. The van der Waals surface area contributed by atoms with Crippen LogP contribution in [0.4, 0.5) is 0 Å². The van der Waals surface area contributed by atoms with E-state index in [0.29, 0.717) is 19.3 Å². The van der Waals surface area contributed by atoms with Crippen LogP contribution in [0.3, 0.4) is 0 Å². The lowest BCUT2D eigenvalue weighted by molar-refractivity contribution is -0.321. The molecule has 0 bridgehead atoms. The average Bonchev–Trinajstić information content (AvgIpc) is 3.19. The Kier molecular flexibility index (Phi) is 14.8. The van der Waals surface area contributed by atoms with Crippen LogP contribution in [0.5, 0.6) is 0 Å². The van der Waals surface area contributed by atoms with Crippen LogP contribution in [0.1, 0.15) is 100 Å². The fourth-order valence-corrected chi connectivity index (χ4v) is 7.24. The molecular formula is C34H62O9Si. The first-order valence-corrected chi connectivity index (χ1v) is 19.3. The van der Waals surface area contributed by atoms with Crippen LogP contribution in [0.2, 0.25) is 18.1 Å². The van der Waals surface area contributed by atoms with E-state index in [4.69, 9.17) is 28.1 Å². The summed E-state index contributed by atoms with van der Waals surface area (Å²) in [5.41, 5.74) is 0. The predicted octanol–water partition coefficient (Wildman–Crippen LogP) is 7.19. The van der Waals surface area contributed by atoms with E-state index in [-0.39, 0.29) is 42.0 Å². The van der Waals surface area contributed by atoms with Crippen molar-refractivity contribution in [3.8, 4) is 0 Å². The van der Waals surface area contributed by atoms with Gasteiger partial charge in [-0.1, -0.05) is 58.9 Å². The van der Waals surface area contributed by atoms with Gasteiger partial charge in [0.1, 0.15) is 6.79 Å². The third-order valence-electron chi connectivity index (χ3n) is 9.50. The number of methoxy groups -OCH3 is 1. The normalized spacial score (nSPS) is 29.0. The summed E-state index contributed by atoms with van der Waals surface area (Å²) >= 11 is 0. The van der Waals surface area contributed by atoms with Crippen molar-refractivity contribution in [2.24, 2.45) is 11.8 Å². The van der Waals surface area contributed by atoms with E-state index in [0.717, 1.165) is 25.7 Å². The van der Waals surface area contributed by atoms with Gasteiger partial charge in [-0.05, 0) is 83.8 Å². The molecular weight excluding hydrogens is 580 g/mol. The molecule has 256 valence electrons. The summed E-state index contributed by atoms with van der Waals surface area (Å²) in [5, 5.41) is 21.3. The van der Waals surface area contributed by atoms with E-state index in [2.05, 4.69) is 65.1 Å². The van der Waals surface area contributed by atoms with Gasteiger partial charge in [-0.2, -0.15) is 0 Å². The number of carbonyl (C=O) groups is 1. The Morgan fingerprint density at radius 2 is 1.68 bits per heavy atom. The third-order valence-corrected chi connectivity index (χ3v) is 14.1. The van der Waals surface area contributed by atoms with Crippen molar-refractivity contribution in [2.75, 3.05) is 13.9 Å². The fourth-order valence-electron chi connectivity index (χ4n) is 5.76. The Hall–Kier alpha value is -1.11. The molecule has 2 fully saturated rings. The fraction of sp³-hybridized carbons (Fsp3) is 0.853. The van der Waals surface area contributed by atoms with Gasteiger partial charge in [0.05, 0.1) is 18.3 Å². The molecule has 2 saturated heterocycles. The maximum Gasteiger partial charge on any atom is 0.338 e. The number of allylic oxidation sites excluding steroid dienone is 4. The summed E-state index contributed by atoms with van der Waals surface area (Å²) in [7, 11) is -0.159. The highest BCUT2D eigenvalue weighted by molar-refractivity contribution is 6.74. The van der Waals surface area contributed by atoms with Gasteiger partial charge in [0, 0.05) is 25.0 Å². The lowest BCUT2D eigenvalue weighted by atomic mass is 9.81. The van der Waals surface area contributed by atoms with E-state index in [1.807, 2.05) is 13.8 Å². The van der Waals surface area contributed by atoms with Crippen LogP contribution in [-0.4, -0.2) is 80.5 Å². The second-order valence-corrected chi connectivity index (χ2v) is 19.5. The van der Waals surface area contributed by atoms with E-state index in [1.54, 1.807) is 21.0 Å². The zero-order valence-electron chi connectivity index (χ0n) is 29.3. The average molecular weight is 643 g/mol. The van der Waals surface area contributed by atoms with Gasteiger partial charge >= 0.3 is 5.97 Å². The lowest BCUT2D eigenvalue weighted by Gasteiger charge is -2.46. The van der Waals surface area contributed by atoms with Crippen LogP contribution in [0, 0.1) is 11.8 Å². The van der Waals surface area contributed by atoms with Gasteiger partial charge in [0.25, 0.3) is 0 Å². The highest BCUT2D eigenvalue weighted by Gasteiger charge is 2.63. The largest absolute Gasteiger partial charge is 0.479 e. The van der Waals surface area contributed by atoms with E-state index >= 15 is 0 Å². The van der Waals surface area contributed by atoms with E-state index in [9.17, 15) is 15.0 Å². The minimum atomic E-state index is -1.74. The molecule has 0 aliphatic carbocycles. The molecule has 1 spiro atoms. The monoisotopic (exact) mass is 642 g/mol. The molecule has 0 amide bonds. The summed E-state index contributed by atoms with van der Waals surface area (Å²) < 4.78 is 35.8. The van der Waals surface area contributed by atoms with Crippen LogP contribution in [0.25, 0.3) is 0 Å². The number of ether oxygens (including phenoxy) is 5. The topological polar surface area (TPSA) is 113 Å². The summed E-state index contributed by atoms with van der Waals surface area (Å²) in [5.74, 6) is -4.04. The Morgan fingerprint density at radius 1 is 1.07 bits per heavy atom. The predicted molar refractivity (Wildman–Crippen MR) is 175 cm³/mol. The summed E-state index contributed by atoms with van der Waals surface area (Å²) in [6.07, 6.45) is 11.4. The van der Waals surface area contributed by atoms with Crippen molar-refractivity contribution in [3.63, 3.8) is 0 Å². The highest BCUT2D eigenvalue weighted by atomic mass is 28.4. The molecule has 8 atom stereocenters. The molecule has 0 aromatic rings. The second-order valence-electron chi connectivity index (χ2n) is 14.8. The molecule has 2 rings (SSSR count). The molecule has 2 N–H and O–H groups in total. The Labute approximate surface area is 267 Å². The number of aliphatic hydroxyl groups is 1. The second kappa shape index (κ2) is 16.6. The van der Waals surface area contributed by atoms with Crippen LogP contribution in [0.15, 0.2) is 24.3 Å². The van der Waals surface area contributed by atoms with Crippen molar-refractivity contribution in [2.45, 2.75) is 161 Å².